The molecule has 1 aliphatic rings. The van der Waals surface area contributed by atoms with Crippen LogP contribution >= 0.6 is 24.0 Å². The first-order valence-electron chi connectivity index (χ1n) is 9.66. The first kappa shape index (κ1) is 22.5. The molecule has 1 unspecified atom stereocenters. The van der Waals surface area contributed by atoms with Gasteiger partial charge in [-0.1, -0.05) is 36.4 Å². The van der Waals surface area contributed by atoms with Gasteiger partial charge in [0.2, 0.25) is 0 Å². The third-order valence-electron chi connectivity index (χ3n) is 4.90. The van der Waals surface area contributed by atoms with Gasteiger partial charge in [0.1, 0.15) is 5.76 Å². The van der Waals surface area contributed by atoms with E-state index in [1.54, 1.807) is 6.26 Å². The molecule has 1 aliphatic heterocycles. The lowest BCUT2D eigenvalue weighted by molar-refractivity contribution is 0.264. The molecule has 1 N–H and O–H groups in total. The standard InChI is InChI=1S/C22H30N4O.HI/c1-4-23-22(24-17-20(25(2)3)21-11-8-16-27-21)26-14-12-19(13-15-26)18-9-6-5-7-10-18;/h5-12,16,20H,4,13-15,17H2,1-3H3,(H,23,24);1H. The van der Waals surface area contributed by atoms with Crippen molar-refractivity contribution in [2.24, 2.45) is 4.99 Å². The van der Waals surface area contributed by atoms with Gasteiger partial charge in [-0.15, -0.1) is 24.0 Å². The van der Waals surface area contributed by atoms with Crippen LogP contribution in [-0.4, -0.2) is 56.0 Å². The Balaban J connectivity index is 0.00000280. The Morgan fingerprint density at radius 3 is 2.57 bits per heavy atom. The lowest BCUT2D eigenvalue weighted by atomic mass is 10.00. The van der Waals surface area contributed by atoms with Crippen molar-refractivity contribution in [1.82, 2.24) is 15.1 Å². The summed E-state index contributed by atoms with van der Waals surface area (Å²) >= 11 is 0. The van der Waals surface area contributed by atoms with Crippen LogP contribution in [0, 0.1) is 0 Å². The number of nitrogens with one attached hydrogen (secondary N) is 1. The summed E-state index contributed by atoms with van der Waals surface area (Å²) in [5, 5.41) is 3.44. The topological polar surface area (TPSA) is 44.0 Å². The molecule has 152 valence electrons. The van der Waals surface area contributed by atoms with Crippen molar-refractivity contribution >= 4 is 35.5 Å². The summed E-state index contributed by atoms with van der Waals surface area (Å²) in [7, 11) is 4.12. The van der Waals surface area contributed by atoms with Crippen LogP contribution in [0.2, 0.25) is 0 Å². The van der Waals surface area contributed by atoms with Crippen LogP contribution in [0.15, 0.2) is 64.2 Å². The zero-order chi connectivity index (χ0) is 19.1. The number of rotatable bonds is 6. The van der Waals surface area contributed by atoms with Crippen molar-refractivity contribution in [2.75, 3.05) is 40.3 Å². The number of likely N-dealkylation sites (N-methyl/N-ethyl adjacent to an activating group) is 1. The van der Waals surface area contributed by atoms with Crippen LogP contribution in [0.1, 0.15) is 30.7 Å². The van der Waals surface area contributed by atoms with Gasteiger partial charge in [-0.3, -0.25) is 9.89 Å². The number of guanidine groups is 1. The van der Waals surface area contributed by atoms with Gasteiger partial charge in [-0.25, -0.2) is 0 Å². The van der Waals surface area contributed by atoms with E-state index in [1.807, 2.05) is 12.1 Å². The van der Waals surface area contributed by atoms with Gasteiger partial charge < -0.3 is 14.6 Å². The minimum atomic E-state index is 0. The fraction of sp³-hybridized carbons (Fsp3) is 0.409. The van der Waals surface area contributed by atoms with E-state index >= 15 is 0 Å². The molecule has 0 amide bonds. The minimum absolute atomic E-state index is 0. The largest absolute Gasteiger partial charge is 0.468 e. The number of hydrogen-bond acceptors (Lipinski definition) is 3. The number of aliphatic imine (C=N–C) groups is 1. The van der Waals surface area contributed by atoms with Crippen LogP contribution in [0.4, 0.5) is 0 Å². The van der Waals surface area contributed by atoms with E-state index in [9.17, 15) is 0 Å². The SMILES string of the molecule is CCNC(=NCC(c1ccco1)N(C)C)N1CC=C(c2ccccc2)CC1.I. The number of benzene rings is 1. The molecule has 2 aromatic rings. The smallest absolute Gasteiger partial charge is 0.194 e. The molecular weight excluding hydrogens is 463 g/mol. The quantitative estimate of drug-likeness (QED) is 0.371. The summed E-state index contributed by atoms with van der Waals surface area (Å²) in [6.07, 6.45) is 5.08. The number of nitrogens with zero attached hydrogens (tertiary/aromatic N) is 3. The molecule has 6 heteroatoms. The van der Waals surface area contributed by atoms with Gasteiger partial charge in [0.15, 0.2) is 5.96 Å². The summed E-state index contributed by atoms with van der Waals surface area (Å²) in [4.78, 5) is 9.39. The van der Waals surface area contributed by atoms with Crippen molar-refractivity contribution in [1.29, 1.82) is 0 Å². The lowest BCUT2D eigenvalue weighted by Gasteiger charge is -2.30. The fourth-order valence-corrected chi connectivity index (χ4v) is 3.36. The first-order valence-corrected chi connectivity index (χ1v) is 9.66. The molecule has 0 bridgehead atoms. The third-order valence-corrected chi connectivity index (χ3v) is 4.90. The zero-order valence-electron chi connectivity index (χ0n) is 17.0. The third kappa shape index (κ3) is 5.85. The summed E-state index contributed by atoms with van der Waals surface area (Å²) in [5.41, 5.74) is 2.74. The number of furan rings is 1. The van der Waals surface area contributed by atoms with Crippen LogP contribution in [0.5, 0.6) is 0 Å². The molecule has 2 heterocycles. The molecule has 28 heavy (non-hydrogen) atoms. The molecule has 0 spiro atoms. The second kappa shape index (κ2) is 11.3. The monoisotopic (exact) mass is 494 g/mol. The molecule has 0 fully saturated rings. The second-order valence-corrected chi connectivity index (χ2v) is 6.98. The molecule has 1 aromatic heterocycles. The van der Waals surface area contributed by atoms with Gasteiger partial charge in [-0.05, 0) is 50.7 Å². The Morgan fingerprint density at radius 1 is 1.21 bits per heavy atom. The van der Waals surface area contributed by atoms with Gasteiger partial charge in [0, 0.05) is 19.6 Å². The Bertz CT molecular complexity index is 756. The predicted molar refractivity (Wildman–Crippen MR) is 127 cm³/mol. The average Bonchev–Trinajstić information content (AvgIpc) is 3.22. The van der Waals surface area contributed by atoms with E-state index in [4.69, 9.17) is 9.41 Å². The average molecular weight is 494 g/mol. The fourth-order valence-electron chi connectivity index (χ4n) is 3.36. The zero-order valence-corrected chi connectivity index (χ0v) is 19.3. The van der Waals surface area contributed by atoms with Crippen LogP contribution in [0.3, 0.4) is 0 Å². The van der Waals surface area contributed by atoms with Crippen LogP contribution in [-0.2, 0) is 0 Å². The van der Waals surface area contributed by atoms with E-state index in [0.29, 0.717) is 6.54 Å². The predicted octanol–water partition coefficient (Wildman–Crippen LogP) is 4.26. The van der Waals surface area contributed by atoms with E-state index in [2.05, 4.69) is 72.5 Å². The van der Waals surface area contributed by atoms with Crippen molar-refractivity contribution in [2.45, 2.75) is 19.4 Å². The van der Waals surface area contributed by atoms with Gasteiger partial charge in [0.05, 0.1) is 18.8 Å². The molecule has 0 radical (unpaired) electrons. The normalized spacial score (nSPS) is 15.8. The highest BCUT2D eigenvalue weighted by atomic mass is 127. The molecule has 0 saturated heterocycles. The molecule has 5 nitrogen and oxygen atoms in total. The maximum Gasteiger partial charge on any atom is 0.194 e. The highest BCUT2D eigenvalue weighted by molar-refractivity contribution is 14.0. The van der Waals surface area contributed by atoms with E-state index < -0.39 is 0 Å². The maximum absolute atomic E-state index is 5.60. The van der Waals surface area contributed by atoms with Crippen LogP contribution in [0.25, 0.3) is 5.57 Å². The van der Waals surface area contributed by atoms with E-state index in [-0.39, 0.29) is 30.0 Å². The molecule has 3 rings (SSSR count). The van der Waals surface area contributed by atoms with Crippen molar-refractivity contribution in [3.05, 3.63) is 66.1 Å². The first-order chi connectivity index (χ1) is 13.2. The van der Waals surface area contributed by atoms with E-state index in [0.717, 1.165) is 37.8 Å². The van der Waals surface area contributed by atoms with Gasteiger partial charge in [-0.2, -0.15) is 0 Å². The number of halogens is 1. The Hall–Kier alpha value is -1.80. The number of hydrogen-bond donors (Lipinski definition) is 1. The second-order valence-electron chi connectivity index (χ2n) is 6.98. The highest BCUT2D eigenvalue weighted by Crippen LogP contribution is 2.23. The summed E-state index contributed by atoms with van der Waals surface area (Å²) in [6.45, 7) is 5.48. The summed E-state index contributed by atoms with van der Waals surface area (Å²) in [6, 6.07) is 14.7. The molecule has 1 aromatic carbocycles. The molecular formula is C22H31IN4O. The van der Waals surface area contributed by atoms with E-state index in [1.165, 1.54) is 11.1 Å². The summed E-state index contributed by atoms with van der Waals surface area (Å²) < 4.78 is 5.60. The van der Waals surface area contributed by atoms with Gasteiger partial charge >= 0.3 is 0 Å². The van der Waals surface area contributed by atoms with Crippen LogP contribution < -0.4 is 5.32 Å². The minimum Gasteiger partial charge on any atom is -0.468 e. The Labute approximate surface area is 185 Å². The van der Waals surface area contributed by atoms with Crippen molar-refractivity contribution in [3.8, 4) is 0 Å². The molecule has 1 atom stereocenters. The molecule has 0 saturated carbocycles. The van der Waals surface area contributed by atoms with Crippen molar-refractivity contribution in [3.63, 3.8) is 0 Å². The molecule has 0 aliphatic carbocycles. The van der Waals surface area contributed by atoms with Gasteiger partial charge in [0.25, 0.3) is 0 Å². The Kier molecular flexibility index (Phi) is 9.05. The van der Waals surface area contributed by atoms with Crippen molar-refractivity contribution < 1.29 is 4.42 Å². The highest BCUT2D eigenvalue weighted by Gasteiger charge is 2.19. The lowest BCUT2D eigenvalue weighted by Crippen LogP contribution is -2.44. The maximum atomic E-state index is 5.60. The summed E-state index contributed by atoms with van der Waals surface area (Å²) in [5.74, 6) is 1.92. The Morgan fingerprint density at radius 2 is 2.00 bits per heavy atom.